The van der Waals surface area contributed by atoms with Gasteiger partial charge in [0.1, 0.15) is 5.78 Å². The highest BCUT2D eigenvalue weighted by Gasteiger charge is 1.87. The third-order valence-electron chi connectivity index (χ3n) is 1.23. The first-order valence-corrected chi connectivity index (χ1v) is 4.36. The summed E-state index contributed by atoms with van der Waals surface area (Å²) in [5, 5.41) is 2.02. The van der Waals surface area contributed by atoms with Crippen LogP contribution in [-0.2, 0) is 4.79 Å². The van der Waals surface area contributed by atoms with Crippen LogP contribution >= 0.6 is 11.3 Å². The van der Waals surface area contributed by atoms with E-state index in [1.54, 1.807) is 18.3 Å². The smallest absolute Gasteiger partial charge is 0.133 e. The van der Waals surface area contributed by atoms with Gasteiger partial charge in [-0.05, 0) is 24.4 Å². The van der Waals surface area contributed by atoms with Gasteiger partial charge in [-0.2, -0.15) is 0 Å². The van der Waals surface area contributed by atoms with Crippen molar-refractivity contribution in [3.05, 3.63) is 28.5 Å². The van der Waals surface area contributed by atoms with Gasteiger partial charge in [0.05, 0.1) is 0 Å². The molecule has 0 saturated carbocycles. The Kier molecular flexibility index (Phi) is 3.05. The highest BCUT2D eigenvalue weighted by atomic mass is 32.1. The minimum absolute atomic E-state index is 0.206. The number of carbonyl (C=O) groups excluding carboxylic acids is 1. The second-order valence-electron chi connectivity index (χ2n) is 2.32. The molecule has 1 aromatic rings. The van der Waals surface area contributed by atoms with Gasteiger partial charge in [0.25, 0.3) is 0 Å². The molecule has 0 N–H and O–H groups in total. The van der Waals surface area contributed by atoms with Crippen LogP contribution in [0.15, 0.2) is 23.6 Å². The minimum atomic E-state index is 0.206. The van der Waals surface area contributed by atoms with Gasteiger partial charge in [0, 0.05) is 11.3 Å². The molecule has 0 atom stereocenters. The van der Waals surface area contributed by atoms with E-state index >= 15 is 0 Å². The Bertz CT molecular complexity index is 247. The van der Waals surface area contributed by atoms with Gasteiger partial charge < -0.3 is 0 Å². The number of thiophene rings is 1. The lowest BCUT2D eigenvalue weighted by Crippen LogP contribution is -1.83. The lowest BCUT2D eigenvalue weighted by molar-refractivity contribution is -0.116. The van der Waals surface area contributed by atoms with E-state index in [9.17, 15) is 4.79 Å². The summed E-state index contributed by atoms with van der Waals surface area (Å²) in [5.74, 6) is 0.206. The van der Waals surface area contributed by atoms with Gasteiger partial charge in [-0.25, -0.2) is 0 Å². The zero-order chi connectivity index (χ0) is 8.10. The van der Waals surface area contributed by atoms with Crippen LogP contribution in [-0.4, -0.2) is 5.78 Å². The highest BCUT2D eigenvalue weighted by molar-refractivity contribution is 7.10. The van der Waals surface area contributed by atoms with Crippen molar-refractivity contribution in [2.75, 3.05) is 0 Å². The minimum Gasteiger partial charge on any atom is -0.300 e. The maximum Gasteiger partial charge on any atom is 0.133 e. The van der Waals surface area contributed by atoms with Gasteiger partial charge in [-0.15, -0.1) is 11.3 Å². The topological polar surface area (TPSA) is 17.1 Å². The van der Waals surface area contributed by atoms with Crippen LogP contribution in [0.1, 0.15) is 18.2 Å². The molecule has 0 saturated heterocycles. The van der Waals surface area contributed by atoms with E-state index in [2.05, 4.69) is 0 Å². The Hall–Kier alpha value is -0.890. The van der Waals surface area contributed by atoms with Crippen LogP contribution in [0, 0.1) is 0 Å². The molecule has 0 fully saturated rings. The molecule has 0 aliphatic carbocycles. The summed E-state index contributed by atoms with van der Waals surface area (Å²) in [4.78, 5) is 11.7. The molecule has 1 heterocycles. The van der Waals surface area contributed by atoms with Crippen LogP contribution in [0.2, 0.25) is 0 Å². The molecular weight excluding hydrogens is 156 g/mol. The first kappa shape index (κ1) is 8.21. The number of Topliss-reactive ketones (excluding diaryl/α,β-unsaturated/α-hetero) is 1. The summed E-state index contributed by atoms with van der Waals surface area (Å²) >= 11 is 1.68. The van der Waals surface area contributed by atoms with Crippen molar-refractivity contribution in [3.63, 3.8) is 0 Å². The lowest BCUT2D eigenvalue weighted by Gasteiger charge is -1.83. The SMILES string of the molecule is CC(=O)C/C=C/c1cccs1. The van der Waals surface area contributed by atoms with Crippen molar-refractivity contribution in [3.8, 4) is 0 Å². The van der Waals surface area contributed by atoms with Crippen molar-refractivity contribution in [2.45, 2.75) is 13.3 Å². The predicted molar refractivity (Wildman–Crippen MR) is 48.7 cm³/mol. The molecule has 0 bridgehead atoms. The van der Waals surface area contributed by atoms with Gasteiger partial charge in [0.15, 0.2) is 0 Å². The van der Waals surface area contributed by atoms with Gasteiger partial charge in [0.2, 0.25) is 0 Å². The lowest BCUT2D eigenvalue weighted by atomic mass is 10.3. The molecule has 0 radical (unpaired) electrons. The van der Waals surface area contributed by atoms with Crippen molar-refractivity contribution < 1.29 is 4.79 Å². The Labute approximate surface area is 70.4 Å². The van der Waals surface area contributed by atoms with Crippen LogP contribution in [0.4, 0.5) is 0 Å². The highest BCUT2D eigenvalue weighted by Crippen LogP contribution is 2.10. The van der Waals surface area contributed by atoms with E-state index < -0.39 is 0 Å². The van der Waals surface area contributed by atoms with E-state index in [1.807, 2.05) is 29.7 Å². The number of hydrogen-bond acceptors (Lipinski definition) is 2. The number of ketones is 1. The van der Waals surface area contributed by atoms with Crippen molar-refractivity contribution in [1.82, 2.24) is 0 Å². The standard InChI is InChI=1S/C9H10OS/c1-8(10)4-2-5-9-6-3-7-11-9/h2-3,5-7H,4H2,1H3/b5-2+. The summed E-state index contributed by atoms with van der Waals surface area (Å²) in [7, 11) is 0. The van der Waals surface area contributed by atoms with Gasteiger partial charge in [-0.1, -0.05) is 12.1 Å². The summed E-state index contributed by atoms with van der Waals surface area (Å²) in [6, 6.07) is 4.03. The van der Waals surface area contributed by atoms with Crippen molar-refractivity contribution in [1.29, 1.82) is 0 Å². The van der Waals surface area contributed by atoms with E-state index in [0.717, 1.165) is 0 Å². The first-order valence-electron chi connectivity index (χ1n) is 3.48. The molecule has 1 rings (SSSR count). The fraction of sp³-hybridized carbons (Fsp3) is 0.222. The van der Waals surface area contributed by atoms with E-state index in [4.69, 9.17) is 0 Å². The largest absolute Gasteiger partial charge is 0.300 e. The second-order valence-corrected chi connectivity index (χ2v) is 3.30. The quantitative estimate of drug-likeness (QED) is 0.674. The molecule has 0 amide bonds. The van der Waals surface area contributed by atoms with E-state index in [-0.39, 0.29) is 5.78 Å². The Morgan fingerprint density at radius 2 is 2.55 bits per heavy atom. The first-order chi connectivity index (χ1) is 5.29. The number of hydrogen-bond donors (Lipinski definition) is 0. The van der Waals surface area contributed by atoms with Crippen LogP contribution in [0.25, 0.3) is 6.08 Å². The van der Waals surface area contributed by atoms with E-state index in [1.165, 1.54) is 4.88 Å². The summed E-state index contributed by atoms with van der Waals surface area (Å²) in [6.45, 7) is 1.60. The molecule has 0 unspecified atom stereocenters. The molecule has 1 aromatic heterocycles. The molecule has 1 nitrogen and oxygen atoms in total. The predicted octanol–water partition coefficient (Wildman–Crippen LogP) is 2.74. The normalized spacial score (nSPS) is 10.6. The van der Waals surface area contributed by atoms with E-state index in [0.29, 0.717) is 6.42 Å². The van der Waals surface area contributed by atoms with Crippen LogP contribution in [0.3, 0.4) is 0 Å². The molecule has 11 heavy (non-hydrogen) atoms. The molecular formula is C9H10OS. The molecule has 0 aliphatic rings. The monoisotopic (exact) mass is 166 g/mol. The Morgan fingerprint density at radius 1 is 1.73 bits per heavy atom. The third kappa shape index (κ3) is 3.14. The molecule has 2 heteroatoms. The maximum atomic E-state index is 10.5. The molecule has 0 aromatic carbocycles. The zero-order valence-corrected chi connectivity index (χ0v) is 7.23. The summed E-state index contributed by atoms with van der Waals surface area (Å²) in [5.41, 5.74) is 0. The number of rotatable bonds is 3. The van der Waals surface area contributed by atoms with Crippen LogP contribution < -0.4 is 0 Å². The van der Waals surface area contributed by atoms with Crippen molar-refractivity contribution >= 4 is 23.2 Å². The Balaban J connectivity index is 2.43. The van der Waals surface area contributed by atoms with Crippen LogP contribution in [0.5, 0.6) is 0 Å². The van der Waals surface area contributed by atoms with Crippen molar-refractivity contribution in [2.24, 2.45) is 0 Å². The molecule has 0 spiro atoms. The number of carbonyl (C=O) groups is 1. The van der Waals surface area contributed by atoms with Gasteiger partial charge >= 0.3 is 0 Å². The van der Waals surface area contributed by atoms with Gasteiger partial charge in [-0.3, -0.25) is 4.79 Å². The fourth-order valence-electron chi connectivity index (χ4n) is 0.727. The Morgan fingerprint density at radius 3 is 3.09 bits per heavy atom. The zero-order valence-electron chi connectivity index (χ0n) is 6.41. The maximum absolute atomic E-state index is 10.5. The third-order valence-corrected chi connectivity index (χ3v) is 2.07. The molecule has 58 valence electrons. The second kappa shape index (κ2) is 4.09. The molecule has 0 aliphatic heterocycles. The average molecular weight is 166 g/mol. The fourth-order valence-corrected chi connectivity index (χ4v) is 1.37. The summed E-state index contributed by atoms with van der Waals surface area (Å²) < 4.78 is 0. The average Bonchev–Trinajstić information content (AvgIpc) is 2.39. The summed E-state index contributed by atoms with van der Waals surface area (Å²) in [6.07, 6.45) is 4.41. The number of allylic oxidation sites excluding steroid dienone is 1.